The predicted octanol–water partition coefficient (Wildman–Crippen LogP) is 4.57. The van der Waals surface area contributed by atoms with Gasteiger partial charge in [-0.25, -0.2) is 4.98 Å². The van der Waals surface area contributed by atoms with Gasteiger partial charge in [-0.15, -0.1) is 21.5 Å². The van der Waals surface area contributed by atoms with E-state index in [9.17, 15) is 0 Å². The van der Waals surface area contributed by atoms with Crippen molar-refractivity contribution in [2.24, 2.45) is 0 Å². The molecule has 0 saturated carbocycles. The van der Waals surface area contributed by atoms with E-state index in [2.05, 4.69) is 46.8 Å². The zero-order chi connectivity index (χ0) is 13.9. The van der Waals surface area contributed by atoms with Gasteiger partial charge in [-0.05, 0) is 19.9 Å². The first-order valence-electron chi connectivity index (χ1n) is 6.15. The van der Waals surface area contributed by atoms with Gasteiger partial charge in [-0.3, -0.25) is 0 Å². The SMILES string of the molecule is Cc1cccc(-c2nc(CSc3nnc(C)s3)cs2)c1. The summed E-state index contributed by atoms with van der Waals surface area (Å²) in [5.41, 5.74) is 3.56. The number of aromatic nitrogens is 3. The highest BCUT2D eigenvalue weighted by Gasteiger charge is 2.07. The van der Waals surface area contributed by atoms with E-state index >= 15 is 0 Å². The number of rotatable bonds is 4. The Morgan fingerprint density at radius 1 is 1.20 bits per heavy atom. The minimum Gasteiger partial charge on any atom is -0.240 e. The molecule has 0 fully saturated rings. The van der Waals surface area contributed by atoms with Crippen molar-refractivity contribution < 1.29 is 0 Å². The van der Waals surface area contributed by atoms with Gasteiger partial charge in [0.25, 0.3) is 0 Å². The Bertz CT molecular complexity index is 718. The molecule has 3 aromatic rings. The van der Waals surface area contributed by atoms with Gasteiger partial charge in [-0.1, -0.05) is 46.9 Å². The summed E-state index contributed by atoms with van der Waals surface area (Å²) in [5, 5.41) is 12.3. The van der Waals surface area contributed by atoms with Crippen molar-refractivity contribution >= 4 is 34.4 Å². The van der Waals surface area contributed by atoms with Crippen LogP contribution in [-0.4, -0.2) is 15.2 Å². The van der Waals surface area contributed by atoms with Crippen LogP contribution in [0.15, 0.2) is 34.0 Å². The summed E-state index contributed by atoms with van der Waals surface area (Å²) in [5.74, 6) is 0.844. The fourth-order valence-electron chi connectivity index (χ4n) is 1.76. The Balaban J connectivity index is 1.70. The number of aryl methyl sites for hydroxylation is 2. The molecule has 0 radical (unpaired) electrons. The van der Waals surface area contributed by atoms with Gasteiger partial charge >= 0.3 is 0 Å². The predicted molar refractivity (Wildman–Crippen MR) is 86.5 cm³/mol. The van der Waals surface area contributed by atoms with E-state index in [4.69, 9.17) is 4.98 Å². The number of hydrogen-bond acceptors (Lipinski definition) is 6. The van der Waals surface area contributed by atoms with E-state index in [1.54, 1.807) is 34.4 Å². The number of hydrogen-bond donors (Lipinski definition) is 0. The molecule has 0 atom stereocenters. The first-order chi connectivity index (χ1) is 9.70. The fraction of sp³-hybridized carbons (Fsp3) is 0.214. The third kappa shape index (κ3) is 3.26. The molecule has 6 heteroatoms. The van der Waals surface area contributed by atoms with Crippen LogP contribution in [0.3, 0.4) is 0 Å². The van der Waals surface area contributed by atoms with E-state index in [-0.39, 0.29) is 0 Å². The molecule has 0 aliphatic carbocycles. The minimum atomic E-state index is 0.844. The molecule has 102 valence electrons. The highest BCUT2D eigenvalue weighted by molar-refractivity contribution is 8.00. The molecule has 20 heavy (non-hydrogen) atoms. The maximum Gasteiger partial charge on any atom is 0.174 e. The third-order valence-corrected chi connectivity index (χ3v) is 5.61. The monoisotopic (exact) mass is 319 g/mol. The van der Waals surface area contributed by atoms with Gasteiger partial charge in [0, 0.05) is 16.7 Å². The van der Waals surface area contributed by atoms with E-state index in [0.717, 1.165) is 25.8 Å². The Labute approximate surface area is 130 Å². The molecule has 0 N–H and O–H groups in total. The molecule has 1 aromatic carbocycles. The van der Waals surface area contributed by atoms with Gasteiger partial charge in [-0.2, -0.15) is 0 Å². The summed E-state index contributed by atoms with van der Waals surface area (Å²) in [6.07, 6.45) is 0. The van der Waals surface area contributed by atoms with Crippen molar-refractivity contribution in [1.82, 2.24) is 15.2 Å². The summed E-state index contributed by atoms with van der Waals surface area (Å²) >= 11 is 5.02. The molecule has 0 bridgehead atoms. The van der Waals surface area contributed by atoms with E-state index in [1.807, 2.05) is 6.92 Å². The number of thiazole rings is 1. The van der Waals surface area contributed by atoms with Gasteiger partial charge in [0.1, 0.15) is 10.0 Å². The number of nitrogens with zero attached hydrogens (tertiary/aromatic N) is 3. The zero-order valence-corrected chi connectivity index (χ0v) is 13.6. The maximum absolute atomic E-state index is 4.70. The van der Waals surface area contributed by atoms with E-state index in [1.165, 1.54) is 11.1 Å². The van der Waals surface area contributed by atoms with Crippen LogP contribution in [0.25, 0.3) is 10.6 Å². The molecule has 2 heterocycles. The van der Waals surface area contributed by atoms with Crippen LogP contribution in [0.2, 0.25) is 0 Å². The smallest absolute Gasteiger partial charge is 0.174 e. The van der Waals surface area contributed by atoms with Gasteiger partial charge in [0.2, 0.25) is 0 Å². The molecular weight excluding hydrogens is 306 g/mol. The molecule has 0 unspecified atom stereocenters. The van der Waals surface area contributed by atoms with Crippen LogP contribution in [-0.2, 0) is 5.75 Å². The summed E-state index contributed by atoms with van der Waals surface area (Å²) in [6.45, 7) is 4.08. The highest BCUT2D eigenvalue weighted by atomic mass is 32.2. The summed E-state index contributed by atoms with van der Waals surface area (Å²) in [6, 6.07) is 8.46. The Morgan fingerprint density at radius 3 is 2.85 bits per heavy atom. The summed E-state index contributed by atoms with van der Waals surface area (Å²) in [7, 11) is 0. The average molecular weight is 319 g/mol. The molecule has 3 rings (SSSR count). The molecule has 0 aliphatic rings. The quantitative estimate of drug-likeness (QED) is 0.660. The molecule has 3 nitrogen and oxygen atoms in total. The Kier molecular flexibility index (Phi) is 4.14. The largest absolute Gasteiger partial charge is 0.240 e. The van der Waals surface area contributed by atoms with Crippen LogP contribution in [0.4, 0.5) is 0 Å². The van der Waals surface area contributed by atoms with Crippen molar-refractivity contribution in [3.63, 3.8) is 0 Å². The molecular formula is C14H13N3S3. The summed E-state index contributed by atoms with van der Waals surface area (Å²) in [4.78, 5) is 4.70. The van der Waals surface area contributed by atoms with Crippen molar-refractivity contribution in [2.75, 3.05) is 0 Å². The Hall–Kier alpha value is -1.24. The van der Waals surface area contributed by atoms with Crippen LogP contribution in [0.1, 0.15) is 16.3 Å². The molecule has 0 spiro atoms. The second-order valence-electron chi connectivity index (χ2n) is 4.39. The minimum absolute atomic E-state index is 0.844. The van der Waals surface area contributed by atoms with Crippen molar-refractivity contribution in [3.8, 4) is 10.6 Å². The second-order valence-corrected chi connectivity index (χ2v) is 7.65. The van der Waals surface area contributed by atoms with E-state index in [0.29, 0.717) is 0 Å². The van der Waals surface area contributed by atoms with Crippen LogP contribution < -0.4 is 0 Å². The van der Waals surface area contributed by atoms with E-state index < -0.39 is 0 Å². The Morgan fingerprint density at radius 2 is 2.10 bits per heavy atom. The topological polar surface area (TPSA) is 38.7 Å². The molecule has 0 aliphatic heterocycles. The number of benzene rings is 1. The molecule has 0 saturated heterocycles. The second kappa shape index (κ2) is 6.03. The molecule has 0 amide bonds. The lowest BCUT2D eigenvalue weighted by Gasteiger charge is -1.97. The normalized spacial score (nSPS) is 10.9. The van der Waals surface area contributed by atoms with Crippen molar-refractivity contribution in [1.29, 1.82) is 0 Å². The average Bonchev–Trinajstić information content (AvgIpc) is 3.05. The first-order valence-corrected chi connectivity index (χ1v) is 8.83. The lowest BCUT2D eigenvalue weighted by atomic mass is 10.1. The van der Waals surface area contributed by atoms with Crippen LogP contribution >= 0.6 is 34.4 Å². The molecule has 2 aromatic heterocycles. The lowest BCUT2D eigenvalue weighted by Crippen LogP contribution is -1.82. The van der Waals surface area contributed by atoms with Gasteiger partial charge < -0.3 is 0 Å². The van der Waals surface area contributed by atoms with Gasteiger partial charge in [0.05, 0.1) is 5.69 Å². The van der Waals surface area contributed by atoms with Crippen LogP contribution in [0, 0.1) is 13.8 Å². The first kappa shape index (κ1) is 13.7. The summed E-state index contributed by atoms with van der Waals surface area (Å²) < 4.78 is 1.01. The maximum atomic E-state index is 4.70. The zero-order valence-electron chi connectivity index (χ0n) is 11.2. The lowest BCUT2D eigenvalue weighted by molar-refractivity contribution is 0.983. The number of thioether (sulfide) groups is 1. The fourth-order valence-corrected chi connectivity index (χ4v) is 4.39. The third-order valence-electron chi connectivity index (χ3n) is 2.67. The highest BCUT2D eigenvalue weighted by Crippen LogP contribution is 2.29. The van der Waals surface area contributed by atoms with Crippen molar-refractivity contribution in [3.05, 3.63) is 45.9 Å². The van der Waals surface area contributed by atoms with Crippen molar-refractivity contribution in [2.45, 2.75) is 23.9 Å². The van der Waals surface area contributed by atoms with Gasteiger partial charge in [0.15, 0.2) is 4.34 Å². The standard InChI is InChI=1S/C14H13N3S3/c1-9-4-3-5-11(6-9)13-15-12(7-18-13)8-19-14-17-16-10(2)20-14/h3-7H,8H2,1-2H3. The van der Waals surface area contributed by atoms with Crippen LogP contribution in [0.5, 0.6) is 0 Å².